The fraction of sp³-hybridized carbons (Fsp3) is 0.667. The predicted octanol–water partition coefficient (Wildman–Crippen LogP) is 2.40. The largest absolute Gasteiger partial charge is 0.416 e. The maximum Gasteiger partial charge on any atom is 0.416 e. The van der Waals surface area contributed by atoms with Crippen molar-refractivity contribution in [1.82, 2.24) is 9.88 Å². The van der Waals surface area contributed by atoms with E-state index in [0.29, 0.717) is 32.1 Å². The van der Waals surface area contributed by atoms with Crippen LogP contribution in [0.5, 0.6) is 0 Å². The minimum absolute atomic E-state index is 0.0214. The summed E-state index contributed by atoms with van der Waals surface area (Å²) in [6, 6.07) is 2.17. The zero-order valence-electron chi connectivity index (χ0n) is 12.6. The lowest BCUT2D eigenvalue weighted by molar-refractivity contribution is -0.137. The van der Waals surface area contributed by atoms with Crippen LogP contribution in [0.25, 0.3) is 0 Å². The van der Waals surface area contributed by atoms with Crippen molar-refractivity contribution < 1.29 is 17.9 Å². The Kier molecular flexibility index (Phi) is 4.03. The van der Waals surface area contributed by atoms with E-state index in [1.165, 1.54) is 6.20 Å². The van der Waals surface area contributed by atoms with Gasteiger partial charge in [0.2, 0.25) is 0 Å². The molecule has 0 atom stereocenters. The van der Waals surface area contributed by atoms with Crippen molar-refractivity contribution in [1.29, 1.82) is 0 Å². The van der Waals surface area contributed by atoms with Crippen LogP contribution in [0.2, 0.25) is 0 Å². The first-order valence-electron chi connectivity index (χ1n) is 7.48. The number of anilines is 1. The van der Waals surface area contributed by atoms with Crippen molar-refractivity contribution in [2.45, 2.75) is 24.6 Å². The maximum absolute atomic E-state index is 12.9. The monoisotopic (exact) mass is 315 g/mol. The minimum atomic E-state index is -4.33. The normalized spacial score (nSPS) is 23.0. The molecule has 2 aliphatic heterocycles. The van der Waals surface area contributed by atoms with Gasteiger partial charge in [0.1, 0.15) is 5.82 Å². The molecule has 0 unspecified atom stereocenters. The molecule has 1 aromatic rings. The number of pyridine rings is 1. The number of alkyl halides is 3. The number of likely N-dealkylation sites (N-methyl/N-ethyl adjacent to an activating group) is 1. The Bertz CT molecular complexity index is 529. The molecular formula is C15H20F3N3O. The summed E-state index contributed by atoms with van der Waals surface area (Å²) in [5.74, 6) is 0.411. The lowest BCUT2D eigenvalue weighted by atomic mass is 9.86. The minimum Gasteiger partial charge on any atom is -0.381 e. The van der Waals surface area contributed by atoms with E-state index < -0.39 is 11.7 Å². The Morgan fingerprint density at radius 3 is 2.64 bits per heavy atom. The fourth-order valence-electron chi connectivity index (χ4n) is 3.32. The second-order valence-corrected chi connectivity index (χ2v) is 6.08. The molecule has 122 valence electrons. The third-order valence-electron chi connectivity index (χ3n) is 4.82. The zero-order valence-corrected chi connectivity index (χ0v) is 12.6. The van der Waals surface area contributed by atoms with Crippen LogP contribution >= 0.6 is 0 Å². The number of rotatable bonds is 1. The molecule has 0 N–H and O–H groups in total. The van der Waals surface area contributed by atoms with Crippen LogP contribution in [-0.2, 0) is 10.9 Å². The average Bonchev–Trinajstić information content (AvgIpc) is 2.50. The van der Waals surface area contributed by atoms with E-state index in [1.807, 2.05) is 4.90 Å². The summed E-state index contributed by atoms with van der Waals surface area (Å²) in [5, 5.41) is 0. The van der Waals surface area contributed by atoms with E-state index in [1.54, 1.807) is 0 Å². The number of hydrogen-bond donors (Lipinski definition) is 0. The molecule has 1 aromatic heterocycles. The van der Waals surface area contributed by atoms with Gasteiger partial charge in [-0.05, 0) is 32.0 Å². The van der Waals surface area contributed by atoms with Crippen LogP contribution in [0.4, 0.5) is 19.0 Å². The second-order valence-electron chi connectivity index (χ2n) is 6.08. The first-order chi connectivity index (χ1) is 10.4. The zero-order chi connectivity index (χ0) is 15.8. The molecule has 0 aliphatic carbocycles. The van der Waals surface area contributed by atoms with Crippen LogP contribution in [0, 0.1) is 0 Å². The summed E-state index contributed by atoms with van der Waals surface area (Å²) < 4.78 is 44.1. The first kappa shape index (κ1) is 15.6. The molecule has 0 saturated carbocycles. The SMILES string of the molecule is CN1CCN(c2cc(C(F)(F)F)ccn2)CC12CCOCC2. The van der Waals surface area contributed by atoms with Crippen molar-refractivity contribution in [3.05, 3.63) is 23.9 Å². The van der Waals surface area contributed by atoms with E-state index in [-0.39, 0.29) is 5.54 Å². The van der Waals surface area contributed by atoms with Gasteiger partial charge in [-0.25, -0.2) is 4.98 Å². The summed E-state index contributed by atoms with van der Waals surface area (Å²) in [4.78, 5) is 8.45. The standard InChI is InChI=1S/C15H20F3N3O/c1-20-6-7-21(11-14(20)3-8-22-9-4-14)13-10-12(2-5-19-13)15(16,17)18/h2,5,10H,3-4,6-9,11H2,1H3. The number of halogens is 3. The number of nitrogens with zero attached hydrogens (tertiary/aromatic N) is 3. The van der Waals surface area contributed by atoms with Gasteiger partial charge < -0.3 is 9.64 Å². The lowest BCUT2D eigenvalue weighted by Gasteiger charge is -2.51. The molecule has 2 saturated heterocycles. The molecular weight excluding hydrogens is 295 g/mol. The molecule has 2 aliphatic rings. The summed E-state index contributed by atoms with van der Waals surface area (Å²) in [5.41, 5.74) is -0.663. The highest BCUT2D eigenvalue weighted by atomic mass is 19.4. The van der Waals surface area contributed by atoms with E-state index in [9.17, 15) is 13.2 Å². The third-order valence-corrected chi connectivity index (χ3v) is 4.82. The highest BCUT2D eigenvalue weighted by Gasteiger charge is 2.41. The highest BCUT2D eigenvalue weighted by molar-refractivity contribution is 5.43. The predicted molar refractivity (Wildman–Crippen MR) is 76.9 cm³/mol. The van der Waals surface area contributed by atoms with Crippen LogP contribution < -0.4 is 4.90 Å². The third kappa shape index (κ3) is 2.92. The van der Waals surface area contributed by atoms with Gasteiger partial charge in [-0.1, -0.05) is 0 Å². The molecule has 0 aromatic carbocycles. The lowest BCUT2D eigenvalue weighted by Crippen LogP contribution is -2.63. The van der Waals surface area contributed by atoms with Crippen LogP contribution in [0.15, 0.2) is 18.3 Å². The summed E-state index contributed by atoms with van der Waals surface area (Å²) in [7, 11) is 2.09. The Morgan fingerprint density at radius 1 is 1.23 bits per heavy atom. The van der Waals surface area contributed by atoms with E-state index in [2.05, 4.69) is 16.9 Å². The number of ether oxygens (including phenoxy) is 1. The topological polar surface area (TPSA) is 28.6 Å². The molecule has 4 nitrogen and oxygen atoms in total. The summed E-state index contributed by atoms with van der Waals surface area (Å²) >= 11 is 0. The quantitative estimate of drug-likeness (QED) is 0.796. The van der Waals surface area contributed by atoms with E-state index >= 15 is 0 Å². The molecule has 1 spiro atoms. The molecule has 22 heavy (non-hydrogen) atoms. The molecule has 3 rings (SSSR count). The molecule has 2 fully saturated rings. The van der Waals surface area contributed by atoms with E-state index in [0.717, 1.165) is 31.5 Å². The van der Waals surface area contributed by atoms with Gasteiger partial charge >= 0.3 is 6.18 Å². The number of piperazine rings is 1. The van der Waals surface area contributed by atoms with Crippen LogP contribution in [0.3, 0.4) is 0 Å². The van der Waals surface area contributed by atoms with Gasteiger partial charge in [0, 0.05) is 44.6 Å². The van der Waals surface area contributed by atoms with Crippen molar-refractivity contribution in [2.24, 2.45) is 0 Å². The molecule has 0 radical (unpaired) electrons. The molecule has 7 heteroatoms. The molecule has 3 heterocycles. The number of aromatic nitrogens is 1. The van der Waals surface area contributed by atoms with Gasteiger partial charge in [0.15, 0.2) is 0 Å². The average molecular weight is 315 g/mol. The fourth-order valence-corrected chi connectivity index (χ4v) is 3.32. The second kappa shape index (κ2) is 5.70. The molecule has 0 bridgehead atoms. The Morgan fingerprint density at radius 2 is 1.95 bits per heavy atom. The summed E-state index contributed by atoms with van der Waals surface area (Å²) in [6.45, 7) is 3.61. The van der Waals surface area contributed by atoms with E-state index in [4.69, 9.17) is 4.74 Å². The Labute approximate surface area is 127 Å². The Hall–Kier alpha value is -1.34. The van der Waals surface area contributed by atoms with Crippen molar-refractivity contribution in [2.75, 3.05) is 44.8 Å². The smallest absolute Gasteiger partial charge is 0.381 e. The van der Waals surface area contributed by atoms with Crippen molar-refractivity contribution >= 4 is 5.82 Å². The van der Waals surface area contributed by atoms with Crippen LogP contribution in [0.1, 0.15) is 18.4 Å². The molecule has 0 amide bonds. The van der Waals surface area contributed by atoms with Gasteiger partial charge in [0.05, 0.1) is 5.56 Å². The van der Waals surface area contributed by atoms with Gasteiger partial charge in [-0.15, -0.1) is 0 Å². The van der Waals surface area contributed by atoms with Gasteiger partial charge in [0.25, 0.3) is 0 Å². The van der Waals surface area contributed by atoms with Gasteiger partial charge in [-0.2, -0.15) is 13.2 Å². The first-order valence-corrected chi connectivity index (χ1v) is 7.48. The maximum atomic E-state index is 12.9. The highest BCUT2D eigenvalue weighted by Crippen LogP contribution is 2.34. The number of hydrogen-bond acceptors (Lipinski definition) is 4. The van der Waals surface area contributed by atoms with Crippen molar-refractivity contribution in [3.63, 3.8) is 0 Å². The summed E-state index contributed by atoms with van der Waals surface area (Å²) in [6.07, 6.45) is -1.29. The Balaban J connectivity index is 1.83. The van der Waals surface area contributed by atoms with Crippen molar-refractivity contribution in [3.8, 4) is 0 Å². The van der Waals surface area contributed by atoms with Gasteiger partial charge in [-0.3, -0.25) is 4.90 Å². The van der Waals surface area contributed by atoms with Crippen LogP contribution in [-0.4, -0.2) is 55.3 Å².